The molecular weight excluding hydrogens is 288 g/mol. The standard InChI is InChI=1S/C18H18N4O/c23-18(13-5-1-2-6-13)21-14-9-10-17(19-11-14)22-12-20-15-7-3-4-8-16(15)22/h3-4,7-13H,1-2,5-6H2,(H,21,23). The molecule has 1 N–H and O–H groups in total. The number of benzene rings is 1. The minimum atomic E-state index is 0.116. The molecule has 1 aliphatic carbocycles. The number of para-hydroxylation sites is 2. The Morgan fingerprint density at radius 1 is 1.09 bits per heavy atom. The molecule has 0 atom stereocenters. The lowest BCUT2D eigenvalue weighted by Gasteiger charge is -2.10. The van der Waals surface area contributed by atoms with E-state index in [4.69, 9.17) is 0 Å². The summed E-state index contributed by atoms with van der Waals surface area (Å²) >= 11 is 0. The molecule has 4 rings (SSSR count). The summed E-state index contributed by atoms with van der Waals surface area (Å²) < 4.78 is 1.94. The first-order valence-corrected chi connectivity index (χ1v) is 8.01. The van der Waals surface area contributed by atoms with Gasteiger partial charge in [0.1, 0.15) is 12.1 Å². The van der Waals surface area contributed by atoms with E-state index in [0.29, 0.717) is 0 Å². The first-order valence-electron chi connectivity index (χ1n) is 8.01. The maximum absolute atomic E-state index is 12.1. The van der Waals surface area contributed by atoms with E-state index in [2.05, 4.69) is 15.3 Å². The van der Waals surface area contributed by atoms with Crippen LogP contribution in [0.5, 0.6) is 0 Å². The van der Waals surface area contributed by atoms with Crippen LogP contribution in [0.3, 0.4) is 0 Å². The molecule has 1 amide bonds. The molecule has 23 heavy (non-hydrogen) atoms. The van der Waals surface area contributed by atoms with Gasteiger partial charge >= 0.3 is 0 Å². The molecule has 0 radical (unpaired) electrons. The Kier molecular flexibility index (Phi) is 3.54. The van der Waals surface area contributed by atoms with Gasteiger partial charge in [0.2, 0.25) is 5.91 Å². The normalized spacial score (nSPS) is 15.1. The number of hydrogen-bond acceptors (Lipinski definition) is 3. The molecule has 0 saturated heterocycles. The molecule has 2 heterocycles. The summed E-state index contributed by atoms with van der Waals surface area (Å²) in [5.41, 5.74) is 2.70. The molecule has 5 nitrogen and oxygen atoms in total. The summed E-state index contributed by atoms with van der Waals surface area (Å²) in [6.07, 6.45) is 7.78. The van der Waals surface area contributed by atoms with Crippen molar-refractivity contribution in [3.05, 3.63) is 48.9 Å². The fraction of sp³-hybridized carbons (Fsp3) is 0.278. The van der Waals surface area contributed by atoms with Crippen LogP contribution >= 0.6 is 0 Å². The number of imidazole rings is 1. The van der Waals surface area contributed by atoms with Crippen molar-refractivity contribution in [3.63, 3.8) is 0 Å². The van der Waals surface area contributed by atoms with E-state index >= 15 is 0 Å². The van der Waals surface area contributed by atoms with Gasteiger partial charge in [0.05, 0.1) is 22.9 Å². The quantitative estimate of drug-likeness (QED) is 0.805. The number of fused-ring (bicyclic) bond motifs is 1. The highest BCUT2D eigenvalue weighted by Crippen LogP contribution is 2.26. The molecule has 5 heteroatoms. The fourth-order valence-electron chi connectivity index (χ4n) is 3.18. The lowest BCUT2D eigenvalue weighted by atomic mass is 10.1. The fourth-order valence-corrected chi connectivity index (χ4v) is 3.18. The minimum Gasteiger partial charge on any atom is -0.324 e. The highest BCUT2D eigenvalue weighted by Gasteiger charge is 2.22. The molecule has 0 bridgehead atoms. The van der Waals surface area contributed by atoms with Crippen LogP contribution in [-0.2, 0) is 4.79 Å². The highest BCUT2D eigenvalue weighted by atomic mass is 16.1. The van der Waals surface area contributed by atoms with E-state index in [9.17, 15) is 4.79 Å². The molecule has 1 saturated carbocycles. The first-order chi connectivity index (χ1) is 11.3. The van der Waals surface area contributed by atoms with E-state index < -0.39 is 0 Å². The van der Waals surface area contributed by atoms with E-state index in [0.717, 1.165) is 48.2 Å². The Morgan fingerprint density at radius 3 is 2.70 bits per heavy atom. The maximum Gasteiger partial charge on any atom is 0.227 e. The largest absolute Gasteiger partial charge is 0.324 e. The van der Waals surface area contributed by atoms with Crippen molar-refractivity contribution in [2.24, 2.45) is 5.92 Å². The molecule has 1 aromatic carbocycles. The molecule has 0 unspecified atom stereocenters. The second kappa shape index (κ2) is 5.83. The van der Waals surface area contributed by atoms with Gasteiger partial charge in [-0.3, -0.25) is 9.36 Å². The van der Waals surface area contributed by atoms with Gasteiger partial charge in [0.15, 0.2) is 0 Å². The topological polar surface area (TPSA) is 59.8 Å². The maximum atomic E-state index is 12.1. The van der Waals surface area contributed by atoms with Gasteiger partial charge in [-0.15, -0.1) is 0 Å². The number of nitrogens with one attached hydrogen (secondary N) is 1. The Balaban J connectivity index is 1.55. The van der Waals surface area contributed by atoms with Crippen molar-refractivity contribution in [1.82, 2.24) is 14.5 Å². The van der Waals surface area contributed by atoms with E-state index in [1.807, 2.05) is 41.0 Å². The van der Waals surface area contributed by atoms with Crippen molar-refractivity contribution < 1.29 is 4.79 Å². The molecule has 3 aromatic rings. The summed E-state index contributed by atoms with van der Waals surface area (Å²) in [5.74, 6) is 1.06. The predicted molar refractivity (Wildman–Crippen MR) is 89.5 cm³/mol. The first kappa shape index (κ1) is 13.9. The Hall–Kier alpha value is -2.69. The van der Waals surface area contributed by atoms with E-state index in [1.165, 1.54) is 0 Å². The molecule has 1 aliphatic rings. The molecule has 0 spiro atoms. The zero-order valence-corrected chi connectivity index (χ0v) is 12.8. The monoisotopic (exact) mass is 306 g/mol. The molecular formula is C18H18N4O. The van der Waals surface area contributed by atoms with Crippen LogP contribution in [0, 0.1) is 5.92 Å². The smallest absolute Gasteiger partial charge is 0.227 e. The highest BCUT2D eigenvalue weighted by molar-refractivity contribution is 5.92. The van der Waals surface area contributed by atoms with E-state index in [-0.39, 0.29) is 11.8 Å². The number of hydrogen-bond donors (Lipinski definition) is 1. The van der Waals surface area contributed by atoms with Crippen LogP contribution < -0.4 is 5.32 Å². The minimum absolute atomic E-state index is 0.116. The SMILES string of the molecule is O=C(Nc1ccc(-n2cnc3ccccc32)nc1)C1CCCC1. The summed E-state index contributed by atoms with van der Waals surface area (Å²) in [6, 6.07) is 11.7. The van der Waals surface area contributed by atoms with E-state index in [1.54, 1.807) is 12.5 Å². The van der Waals surface area contributed by atoms with Crippen molar-refractivity contribution in [2.75, 3.05) is 5.32 Å². The Labute approximate surface area is 134 Å². The van der Waals surface area contributed by atoms with Crippen LogP contribution in [0.25, 0.3) is 16.9 Å². The van der Waals surface area contributed by atoms with Crippen LogP contribution in [0.2, 0.25) is 0 Å². The molecule has 116 valence electrons. The molecule has 1 fully saturated rings. The number of rotatable bonds is 3. The van der Waals surface area contributed by atoms with Crippen LogP contribution in [0.4, 0.5) is 5.69 Å². The Morgan fingerprint density at radius 2 is 1.91 bits per heavy atom. The van der Waals surface area contributed by atoms with Crippen LogP contribution in [-0.4, -0.2) is 20.4 Å². The van der Waals surface area contributed by atoms with Crippen molar-refractivity contribution in [2.45, 2.75) is 25.7 Å². The van der Waals surface area contributed by atoms with Gasteiger partial charge in [-0.2, -0.15) is 0 Å². The number of nitrogens with zero attached hydrogens (tertiary/aromatic N) is 3. The average Bonchev–Trinajstić information content (AvgIpc) is 3.25. The number of aromatic nitrogens is 3. The Bertz CT molecular complexity index is 832. The molecule has 0 aliphatic heterocycles. The van der Waals surface area contributed by atoms with Crippen LogP contribution in [0.1, 0.15) is 25.7 Å². The van der Waals surface area contributed by atoms with Gasteiger partial charge in [-0.1, -0.05) is 25.0 Å². The zero-order valence-electron chi connectivity index (χ0n) is 12.8. The van der Waals surface area contributed by atoms with Crippen molar-refractivity contribution in [3.8, 4) is 5.82 Å². The number of carbonyl (C=O) groups is 1. The summed E-state index contributed by atoms with van der Waals surface area (Å²) in [6.45, 7) is 0. The third kappa shape index (κ3) is 2.70. The van der Waals surface area contributed by atoms with Gasteiger partial charge in [-0.05, 0) is 37.1 Å². The van der Waals surface area contributed by atoms with Crippen molar-refractivity contribution >= 4 is 22.6 Å². The lowest BCUT2D eigenvalue weighted by Crippen LogP contribution is -2.20. The zero-order chi connectivity index (χ0) is 15.6. The van der Waals surface area contributed by atoms with Crippen LogP contribution in [0.15, 0.2) is 48.9 Å². The number of pyridine rings is 1. The second-order valence-electron chi connectivity index (χ2n) is 5.98. The van der Waals surface area contributed by atoms with Gasteiger partial charge < -0.3 is 5.32 Å². The third-order valence-electron chi connectivity index (χ3n) is 4.44. The summed E-state index contributed by atoms with van der Waals surface area (Å²) in [5, 5.41) is 2.97. The van der Waals surface area contributed by atoms with Gasteiger partial charge in [0.25, 0.3) is 0 Å². The van der Waals surface area contributed by atoms with Crippen molar-refractivity contribution in [1.29, 1.82) is 0 Å². The summed E-state index contributed by atoms with van der Waals surface area (Å²) in [4.78, 5) is 21.0. The summed E-state index contributed by atoms with van der Waals surface area (Å²) in [7, 11) is 0. The van der Waals surface area contributed by atoms with Gasteiger partial charge in [-0.25, -0.2) is 9.97 Å². The number of amides is 1. The third-order valence-corrected chi connectivity index (χ3v) is 4.44. The lowest BCUT2D eigenvalue weighted by molar-refractivity contribution is -0.119. The van der Waals surface area contributed by atoms with Gasteiger partial charge in [0, 0.05) is 5.92 Å². The number of anilines is 1. The predicted octanol–water partition coefficient (Wildman–Crippen LogP) is 3.55. The second-order valence-corrected chi connectivity index (χ2v) is 5.98. The number of carbonyl (C=O) groups excluding carboxylic acids is 1. The molecule has 2 aromatic heterocycles. The average molecular weight is 306 g/mol.